The zero-order valence-electron chi connectivity index (χ0n) is 13.1. The van der Waals surface area contributed by atoms with E-state index in [1.807, 2.05) is 26.8 Å². The van der Waals surface area contributed by atoms with Crippen LogP contribution in [0.4, 0.5) is 0 Å². The van der Waals surface area contributed by atoms with E-state index in [-0.39, 0.29) is 18.5 Å². The van der Waals surface area contributed by atoms with Gasteiger partial charge < -0.3 is 15.0 Å². The van der Waals surface area contributed by atoms with Crippen molar-refractivity contribution in [3.63, 3.8) is 0 Å². The molecule has 7 nitrogen and oxygen atoms in total. The van der Waals surface area contributed by atoms with Gasteiger partial charge in [-0.2, -0.15) is 0 Å². The largest absolute Gasteiger partial charge is 0.381 e. The minimum Gasteiger partial charge on any atom is -0.381 e. The summed E-state index contributed by atoms with van der Waals surface area (Å²) in [4.78, 5) is 17.1. The van der Waals surface area contributed by atoms with Gasteiger partial charge >= 0.3 is 0 Å². The number of aromatic nitrogens is 4. The second kappa shape index (κ2) is 5.24. The zero-order chi connectivity index (χ0) is 15.9. The number of nitrogens with one attached hydrogen (secondary N) is 1. The first-order valence-electron chi connectivity index (χ1n) is 7.48. The lowest BCUT2D eigenvalue weighted by Gasteiger charge is -2.21. The van der Waals surface area contributed by atoms with E-state index in [1.165, 1.54) is 0 Å². The number of carbonyl (C=O) groups is 1. The van der Waals surface area contributed by atoms with Crippen molar-refractivity contribution in [2.24, 2.45) is 0 Å². The smallest absolute Gasteiger partial charge is 0.270 e. The molecule has 2 N–H and O–H groups in total. The summed E-state index contributed by atoms with van der Waals surface area (Å²) < 4.78 is 1.72. The highest BCUT2D eigenvalue weighted by molar-refractivity contribution is 5.94. The standard InChI is InChI=1S/C15H21N5O2/c1-10(2)20-8-12(17-18-20)15(22)5-7-19(9-15)14(21)13-11(3)4-6-16-13/h4,6,8,10,16,22H,5,7,9H2,1-3H3. The average molecular weight is 303 g/mol. The van der Waals surface area contributed by atoms with E-state index in [1.54, 1.807) is 22.0 Å². The summed E-state index contributed by atoms with van der Waals surface area (Å²) in [6, 6.07) is 2.05. The number of aliphatic hydroxyl groups is 1. The van der Waals surface area contributed by atoms with Crippen LogP contribution in [-0.2, 0) is 5.60 Å². The fourth-order valence-electron chi connectivity index (χ4n) is 2.75. The molecule has 0 saturated carbocycles. The highest BCUT2D eigenvalue weighted by Crippen LogP contribution is 2.31. The van der Waals surface area contributed by atoms with Crippen molar-refractivity contribution < 1.29 is 9.90 Å². The van der Waals surface area contributed by atoms with Crippen LogP contribution in [-0.4, -0.2) is 49.0 Å². The van der Waals surface area contributed by atoms with Crippen molar-refractivity contribution in [2.45, 2.75) is 38.8 Å². The molecule has 0 aliphatic carbocycles. The van der Waals surface area contributed by atoms with E-state index in [0.29, 0.717) is 24.4 Å². The number of aromatic amines is 1. The van der Waals surface area contributed by atoms with E-state index in [4.69, 9.17) is 0 Å². The molecule has 7 heteroatoms. The van der Waals surface area contributed by atoms with Gasteiger partial charge in [-0.1, -0.05) is 5.21 Å². The van der Waals surface area contributed by atoms with Crippen molar-refractivity contribution >= 4 is 5.91 Å². The van der Waals surface area contributed by atoms with Crippen molar-refractivity contribution in [1.82, 2.24) is 24.9 Å². The third-order valence-corrected chi connectivity index (χ3v) is 4.22. The number of carbonyl (C=O) groups excluding carboxylic acids is 1. The lowest BCUT2D eigenvalue weighted by atomic mass is 10.00. The lowest BCUT2D eigenvalue weighted by molar-refractivity contribution is 0.0380. The van der Waals surface area contributed by atoms with Crippen molar-refractivity contribution in [3.05, 3.63) is 35.4 Å². The van der Waals surface area contributed by atoms with Gasteiger partial charge in [-0.25, -0.2) is 4.68 Å². The van der Waals surface area contributed by atoms with Gasteiger partial charge in [-0.3, -0.25) is 4.79 Å². The number of nitrogens with zero attached hydrogens (tertiary/aromatic N) is 4. The molecule has 22 heavy (non-hydrogen) atoms. The van der Waals surface area contributed by atoms with Crippen molar-refractivity contribution in [1.29, 1.82) is 0 Å². The Hall–Kier alpha value is -2.15. The van der Waals surface area contributed by atoms with Crippen LogP contribution in [0.3, 0.4) is 0 Å². The molecule has 1 aliphatic rings. The summed E-state index contributed by atoms with van der Waals surface area (Å²) in [5, 5.41) is 18.9. The normalized spacial score (nSPS) is 21.8. The summed E-state index contributed by atoms with van der Waals surface area (Å²) >= 11 is 0. The van der Waals surface area contributed by atoms with Crippen LogP contribution in [0.5, 0.6) is 0 Å². The van der Waals surface area contributed by atoms with Gasteiger partial charge in [-0.05, 0) is 32.4 Å². The molecule has 2 aromatic rings. The Morgan fingerprint density at radius 1 is 1.50 bits per heavy atom. The lowest BCUT2D eigenvalue weighted by Crippen LogP contribution is -2.35. The maximum atomic E-state index is 12.5. The Balaban J connectivity index is 1.78. The molecule has 2 aromatic heterocycles. The predicted molar refractivity (Wildman–Crippen MR) is 80.4 cm³/mol. The van der Waals surface area contributed by atoms with E-state index >= 15 is 0 Å². The molecule has 118 valence electrons. The van der Waals surface area contributed by atoms with Gasteiger partial charge in [0.15, 0.2) is 0 Å². The monoisotopic (exact) mass is 303 g/mol. The Kier molecular flexibility index (Phi) is 3.52. The molecule has 3 heterocycles. The number of hydrogen-bond donors (Lipinski definition) is 2. The van der Waals surface area contributed by atoms with Gasteiger partial charge in [0.25, 0.3) is 5.91 Å². The molecule has 0 spiro atoms. The maximum absolute atomic E-state index is 12.5. The zero-order valence-corrected chi connectivity index (χ0v) is 13.1. The molecule has 1 aliphatic heterocycles. The van der Waals surface area contributed by atoms with Crippen molar-refractivity contribution in [3.8, 4) is 0 Å². The Morgan fingerprint density at radius 3 is 2.86 bits per heavy atom. The molecule has 0 aromatic carbocycles. The van der Waals surface area contributed by atoms with Gasteiger partial charge in [0, 0.05) is 25.2 Å². The molecular formula is C15H21N5O2. The number of hydrogen-bond acceptors (Lipinski definition) is 4. The summed E-state index contributed by atoms with van der Waals surface area (Å²) in [7, 11) is 0. The van der Waals surface area contributed by atoms with Crippen LogP contribution in [0, 0.1) is 6.92 Å². The number of amides is 1. The molecule has 1 unspecified atom stereocenters. The first-order chi connectivity index (χ1) is 10.4. The average Bonchev–Trinajstić information content (AvgIpc) is 3.17. The van der Waals surface area contributed by atoms with E-state index in [2.05, 4.69) is 15.3 Å². The topological polar surface area (TPSA) is 87.0 Å². The second-order valence-corrected chi connectivity index (χ2v) is 6.22. The summed E-state index contributed by atoms with van der Waals surface area (Å²) in [6.45, 7) is 6.63. The third kappa shape index (κ3) is 2.41. The number of β-amino-alcohol motifs (C(OH)–C–C–N with tert-alkyl or cyclic N) is 1. The van der Waals surface area contributed by atoms with Gasteiger partial charge in [-0.15, -0.1) is 5.10 Å². The molecule has 1 saturated heterocycles. The fourth-order valence-corrected chi connectivity index (χ4v) is 2.75. The predicted octanol–water partition coefficient (Wildman–Crippen LogP) is 1.23. The second-order valence-electron chi connectivity index (χ2n) is 6.22. The molecule has 1 fully saturated rings. The van der Waals surface area contributed by atoms with Crippen LogP contribution in [0.1, 0.15) is 48.1 Å². The Bertz CT molecular complexity index is 690. The van der Waals surface area contributed by atoms with Crippen LogP contribution in [0.15, 0.2) is 18.5 Å². The van der Waals surface area contributed by atoms with E-state index in [0.717, 1.165) is 5.56 Å². The molecule has 1 amide bonds. The Labute approximate surface area is 128 Å². The van der Waals surface area contributed by atoms with Gasteiger partial charge in [0.05, 0.1) is 12.7 Å². The SMILES string of the molecule is Cc1cc[nH]c1C(=O)N1CCC(O)(c2cn(C(C)C)nn2)C1. The molecular weight excluding hydrogens is 282 g/mol. The summed E-state index contributed by atoms with van der Waals surface area (Å²) in [5.74, 6) is -0.0883. The number of rotatable bonds is 3. The van der Waals surface area contributed by atoms with E-state index < -0.39 is 5.60 Å². The highest BCUT2D eigenvalue weighted by atomic mass is 16.3. The van der Waals surface area contributed by atoms with Gasteiger partial charge in [0.1, 0.15) is 17.0 Å². The van der Waals surface area contributed by atoms with Gasteiger partial charge in [0.2, 0.25) is 0 Å². The van der Waals surface area contributed by atoms with Crippen molar-refractivity contribution in [2.75, 3.05) is 13.1 Å². The minimum absolute atomic E-state index is 0.0883. The first-order valence-corrected chi connectivity index (χ1v) is 7.48. The molecule has 3 rings (SSSR count). The highest BCUT2D eigenvalue weighted by Gasteiger charge is 2.42. The molecule has 1 atom stereocenters. The summed E-state index contributed by atoms with van der Waals surface area (Å²) in [5.41, 5.74) is 0.893. The van der Waals surface area contributed by atoms with Crippen LogP contribution in [0.25, 0.3) is 0 Å². The third-order valence-electron chi connectivity index (χ3n) is 4.22. The first kappa shape index (κ1) is 14.8. The number of likely N-dealkylation sites (tertiary alicyclic amines) is 1. The minimum atomic E-state index is -1.12. The van der Waals surface area contributed by atoms with Crippen LogP contribution < -0.4 is 0 Å². The van der Waals surface area contributed by atoms with Crippen LogP contribution >= 0.6 is 0 Å². The Morgan fingerprint density at radius 2 is 2.27 bits per heavy atom. The quantitative estimate of drug-likeness (QED) is 0.893. The number of H-pyrrole nitrogens is 1. The van der Waals surface area contributed by atoms with Crippen LogP contribution in [0.2, 0.25) is 0 Å². The summed E-state index contributed by atoms with van der Waals surface area (Å²) in [6.07, 6.45) is 3.98. The fraction of sp³-hybridized carbons (Fsp3) is 0.533. The molecule has 0 radical (unpaired) electrons. The van der Waals surface area contributed by atoms with E-state index in [9.17, 15) is 9.90 Å². The maximum Gasteiger partial charge on any atom is 0.270 e. The number of aryl methyl sites for hydroxylation is 1. The molecule has 0 bridgehead atoms.